The first-order valence-electron chi connectivity index (χ1n) is 8.62. The molecule has 25 heavy (non-hydrogen) atoms. The highest BCUT2D eigenvalue weighted by Crippen LogP contribution is 2.16. The Morgan fingerprint density at radius 2 is 1.88 bits per heavy atom. The molecule has 1 aliphatic heterocycles. The normalized spacial score (nSPS) is 15.4. The fourth-order valence-corrected chi connectivity index (χ4v) is 2.65. The van der Waals surface area contributed by atoms with Gasteiger partial charge >= 0.3 is 12.0 Å². The number of nitrogens with zero attached hydrogens (tertiary/aromatic N) is 1. The second-order valence-electron chi connectivity index (χ2n) is 6.23. The lowest BCUT2D eigenvalue weighted by molar-refractivity contribution is -0.140. The molecule has 0 aromatic heterocycles. The molecule has 2 rings (SSSR count). The van der Waals surface area contributed by atoms with Crippen molar-refractivity contribution in [1.82, 2.24) is 10.2 Å². The Labute approximate surface area is 148 Å². The standard InChI is InChI=1S/C18H27N3O4/c1-21-11-9-15(10-12-21)20-18(23)19-14-5-7-16(8-6-14)25-13-3-4-17(22)24-2/h5-8,15H,3-4,9-13H2,1-2H3,(H2,19,20,23). The third-order valence-corrected chi connectivity index (χ3v) is 4.19. The van der Waals surface area contributed by atoms with Crippen LogP contribution in [-0.2, 0) is 9.53 Å². The summed E-state index contributed by atoms with van der Waals surface area (Å²) in [4.78, 5) is 25.3. The number of anilines is 1. The van der Waals surface area contributed by atoms with Gasteiger partial charge in [-0.15, -0.1) is 0 Å². The van der Waals surface area contributed by atoms with E-state index in [9.17, 15) is 9.59 Å². The number of ether oxygens (including phenoxy) is 2. The highest BCUT2D eigenvalue weighted by molar-refractivity contribution is 5.89. The summed E-state index contributed by atoms with van der Waals surface area (Å²) in [5.41, 5.74) is 0.715. The highest BCUT2D eigenvalue weighted by Gasteiger charge is 2.18. The molecule has 2 amide bonds. The molecule has 1 aromatic carbocycles. The second kappa shape index (κ2) is 9.88. The van der Waals surface area contributed by atoms with E-state index < -0.39 is 0 Å². The van der Waals surface area contributed by atoms with Gasteiger partial charge < -0.3 is 25.0 Å². The van der Waals surface area contributed by atoms with Gasteiger partial charge in [0.2, 0.25) is 0 Å². The Balaban J connectivity index is 1.68. The highest BCUT2D eigenvalue weighted by atomic mass is 16.5. The maximum atomic E-state index is 12.0. The van der Waals surface area contributed by atoms with E-state index in [1.54, 1.807) is 24.3 Å². The summed E-state index contributed by atoms with van der Waals surface area (Å²) in [5.74, 6) is 0.463. The first-order valence-corrected chi connectivity index (χ1v) is 8.62. The molecule has 138 valence electrons. The number of nitrogens with one attached hydrogen (secondary N) is 2. The largest absolute Gasteiger partial charge is 0.494 e. The van der Waals surface area contributed by atoms with Gasteiger partial charge in [-0.1, -0.05) is 0 Å². The van der Waals surface area contributed by atoms with Crippen LogP contribution in [0.15, 0.2) is 24.3 Å². The Morgan fingerprint density at radius 1 is 1.20 bits per heavy atom. The van der Waals surface area contributed by atoms with Crippen LogP contribution in [0.25, 0.3) is 0 Å². The number of piperidine rings is 1. The third-order valence-electron chi connectivity index (χ3n) is 4.19. The monoisotopic (exact) mass is 349 g/mol. The molecule has 7 heteroatoms. The number of hydrogen-bond donors (Lipinski definition) is 2. The first kappa shape index (κ1) is 19.1. The molecular formula is C18H27N3O4. The number of methoxy groups -OCH3 is 1. The summed E-state index contributed by atoms with van der Waals surface area (Å²) in [7, 11) is 3.47. The molecule has 0 atom stereocenters. The second-order valence-corrected chi connectivity index (χ2v) is 6.23. The number of carbonyl (C=O) groups excluding carboxylic acids is 2. The smallest absolute Gasteiger partial charge is 0.319 e. The summed E-state index contributed by atoms with van der Waals surface area (Å²) < 4.78 is 10.1. The van der Waals surface area contributed by atoms with Crippen LogP contribution >= 0.6 is 0 Å². The fraction of sp³-hybridized carbons (Fsp3) is 0.556. The number of urea groups is 1. The zero-order valence-corrected chi connectivity index (χ0v) is 14.9. The number of amides is 2. The van der Waals surface area contributed by atoms with Crippen molar-refractivity contribution < 1.29 is 19.1 Å². The van der Waals surface area contributed by atoms with Gasteiger partial charge in [-0.05, 0) is 63.7 Å². The Hall–Kier alpha value is -2.28. The molecular weight excluding hydrogens is 322 g/mol. The summed E-state index contributed by atoms with van der Waals surface area (Å²) in [5, 5.41) is 5.85. The van der Waals surface area contributed by atoms with Gasteiger partial charge in [0.1, 0.15) is 5.75 Å². The molecule has 0 saturated carbocycles. The van der Waals surface area contributed by atoms with E-state index in [-0.39, 0.29) is 18.0 Å². The van der Waals surface area contributed by atoms with Crippen LogP contribution in [0, 0.1) is 0 Å². The van der Waals surface area contributed by atoms with Crippen LogP contribution in [0.2, 0.25) is 0 Å². The molecule has 0 unspecified atom stereocenters. The van der Waals surface area contributed by atoms with Crippen molar-refractivity contribution >= 4 is 17.7 Å². The quantitative estimate of drug-likeness (QED) is 0.583. The maximum absolute atomic E-state index is 12.0. The van der Waals surface area contributed by atoms with Gasteiger partial charge in [-0.3, -0.25) is 4.79 Å². The van der Waals surface area contributed by atoms with Crippen LogP contribution in [-0.4, -0.2) is 56.8 Å². The molecule has 1 fully saturated rings. The Bertz CT molecular complexity index is 554. The lowest BCUT2D eigenvalue weighted by Crippen LogP contribution is -2.44. The van der Waals surface area contributed by atoms with E-state index in [0.29, 0.717) is 30.9 Å². The summed E-state index contributed by atoms with van der Waals surface area (Å²) in [6.07, 6.45) is 2.89. The average molecular weight is 349 g/mol. The van der Waals surface area contributed by atoms with Crippen LogP contribution in [0.1, 0.15) is 25.7 Å². The van der Waals surface area contributed by atoms with Crippen molar-refractivity contribution in [2.75, 3.05) is 39.2 Å². The number of hydrogen-bond acceptors (Lipinski definition) is 5. The third kappa shape index (κ3) is 7.01. The number of rotatable bonds is 7. The minimum Gasteiger partial charge on any atom is -0.494 e. The zero-order chi connectivity index (χ0) is 18.1. The Kier molecular flexibility index (Phi) is 7.53. The predicted octanol–water partition coefficient (Wildman–Crippen LogP) is 2.23. The van der Waals surface area contributed by atoms with Gasteiger partial charge in [0, 0.05) is 18.2 Å². The van der Waals surface area contributed by atoms with E-state index in [2.05, 4.69) is 27.3 Å². The van der Waals surface area contributed by atoms with Crippen molar-refractivity contribution in [3.05, 3.63) is 24.3 Å². The number of likely N-dealkylation sites (tertiary alicyclic amines) is 1. The number of benzene rings is 1. The fourth-order valence-electron chi connectivity index (χ4n) is 2.65. The van der Waals surface area contributed by atoms with Gasteiger partial charge in [-0.2, -0.15) is 0 Å². The van der Waals surface area contributed by atoms with Crippen molar-refractivity contribution in [3.63, 3.8) is 0 Å². The minimum absolute atomic E-state index is 0.179. The van der Waals surface area contributed by atoms with Gasteiger partial charge in [-0.25, -0.2) is 4.79 Å². The summed E-state index contributed by atoms with van der Waals surface area (Å²) in [6.45, 7) is 2.46. The van der Waals surface area contributed by atoms with Crippen molar-refractivity contribution in [1.29, 1.82) is 0 Å². The van der Waals surface area contributed by atoms with Crippen molar-refractivity contribution in [2.45, 2.75) is 31.7 Å². The molecule has 0 bridgehead atoms. The van der Waals surface area contributed by atoms with Crippen LogP contribution in [0.4, 0.5) is 10.5 Å². The van der Waals surface area contributed by atoms with E-state index in [4.69, 9.17) is 4.74 Å². The maximum Gasteiger partial charge on any atom is 0.319 e. The number of esters is 1. The molecule has 0 aliphatic carbocycles. The lowest BCUT2D eigenvalue weighted by Gasteiger charge is -2.29. The lowest BCUT2D eigenvalue weighted by atomic mass is 10.1. The van der Waals surface area contributed by atoms with Gasteiger partial charge in [0.05, 0.1) is 13.7 Å². The summed E-state index contributed by atoms with van der Waals surface area (Å²) in [6, 6.07) is 7.23. The van der Waals surface area contributed by atoms with E-state index >= 15 is 0 Å². The number of carbonyl (C=O) groups is 2. The van der Waals surface area contributed by atoms with Crippen molar-refractivity contribution in [3.8, 4) is 5.75 Å². The Morgan fingerprint density at radius 3 is 2.52 bits per heavy atom. The topological polar surface area (TPSA) is 79.9 Å². The average Bonchev–Trinajstić information content (AvgIpc) is 2.61. The van der Waals surface area contributed by atoms with Gasteiger partial charge in [0.15, 0.2) is 0 Å². The molecule has 2 N–H and O–H groups in total. The first-order chi connectivity index (χ1) is 12.1. The molecule has 1 aromatic rings. The van der Waals surface area contributed by atoms with E-state index in [1.807, 2.05) is 0 Å². The molecule has 7 nitrogen and oxygen atoms in total. The summed E-state index contributed by atoms with van der Waals surface area (Å²) >= 11 is 0. The predicted molar refractivity (Wildman–Crippen MR) is 95.9 cm³/mol. The van der Waals surface area contributed by atoms with Crippen molar-refractivity contribution in [2.24, 2.45) is 0 Å². The molecule has 1 aliphatic rings. The van der Waals surface area contributed by atoms with Gasteiger partial charge in [0.25, 0.3) is 0 Å². The van der Waals surface area contributed by atoms with Crippen LogP contribution in [0.3, 0.4) is 0 Å². The van der Waals surface area contributed by atoms with E-state index in [1.165, 1.54) is 7.11 Å². The minimum atomic E-state index is -0.237. The zero-order valence-electron chi connectivity index (χ0n) is 14.9. The van der Waals surface area contributed by atoms with Crippen LogP contribution in [0.5, 0.6) is 5.75 Å². The molecule has 0 spiro atoms. The molecule has 1 heterocycles. The van der Waals surface area contributed by atoms with E-state index in [0.717, 1.165) is 25.9 Å². The molecule has 1 saturated heterocycles. The SMILES string of the molecule is COC(=O)CCCOc1ccc(NC(=O)NC2CCN(C)CC2)cc1. The van der Waals surface area contributed by atoms with Crippen LogP contribution < -0.4 is 15.4 Å². The molecule has 0 radical (unpaired) electrons.